The fraction of sp³-hybridized carbons (Fsp3) is 0.429. The van der Waals surface area contributed by atoms with Gasteiger partial charge in [0.25, 0.3) is 0 Å². The number of rotatable bonds is 6. The van der Waals surface area contributed by atoms with Crippen molar-refractivity contribution in [3.05, 3.63) is 47.5 Å². The van der Waals surface area contributed by atoms with Gasteiger partial charge in [0.05, 0.1) is 27.3 Å². The van der Waals surface area contributed by atoms with E-state index in [0.717, 1.165) is 12.1 Å². The highest BCUT2D eigenvalue weighted by atomic mass is 35.5. The number of anilines is 2. The molecule has 0 aliphatic carbocycles. The molecule has 224 valence electrons. The van der Waals surface area contributed by atoms with Gasteiger partial charge in [0.1, 0.15) is 24.4 Å². The third-order valence-corrected chi connectivity index (χ3v) is 8.17. The zero-order chi connectivity index (χ0) is 30.4. The molecule has 0 saturated carbocycles. The molecule has 2 saturated heterocycles. The first-order valence-corrected chi connectivity index (χ1v) is 13.7. The molecule has 9 nitrogen and oxygen atoms in total. The molecule has 0 bridgehead atoms. The smallest absolute Gasteiger partial charge is 0.418 e. The zero-order valence-corrected chi connectivity index (χ0v) is 23.8. The summed E-state index contributed by atoms with van der Waals surface area (Å²) in [7, 11) is 1.81. The van der Waals surface area contributed by atoms with Gasteiger partial charge in [-0.05, 0) is 44.3 Å². The van der Waals surface area contributed by atoms with Gasteiger partial charge in [-0.1, -0.05) is 18.2 Å². The Hall–Kier alpha value is -3.71. The average molecular weight is 608 g/mol. The van der Waals surface area contributed by atoms with E-state index in [-0.39, 0.29) is 53.4 Å². The van der Waals surface area contributed by atoms with Gasteiger partial charge in [-0.15, -0.1) is 0 Å². The van der Waals surface area contributed by atoms with E-state index in [4.69, 9.17) is 22.1 Å². The molecule has 3 aromatic rings. The molecular weight excluding hydrogens is 578 g/mol. The van der Waals surface area contributed by atoms with Gasteiger partial charge in [0.15, 0.2) is 0 Å². The van der Waals surface area contributed by atoms with E-state index in [2.05, 4.69) is 21.5 Å². The lowest BCUT2D eigenvalue weighted by Crippen LogP contribution is -2.48. The highest BCUT2D eigenvalue weighted by Gasteiger charge is 2.41. The topological polar surface area (TPSA) is 101 Å². The van der Waals surface area contributed by atoms with E-state index in [9.17, 15) is 22.4 Å². The molecule has 2 N–H and O–H groups in total. The molecule has 1 unspecified atom stereocenters. The van der Waals surface area contributed by atoms with Gasteiger partial charge in [0, 0.05) is 50.1 Å². The van der Waals surface area contributed by atoms with Crippen LogP contribution < -0.4 is 15.4 Å². The largest absolute Gasteiger partial charge is 0.461 e. The first-order valence-electron chi connectivity index (χ1n) is 13.3. The summed E-state index contributed by atoms with van der Waals surface area (Å²) in [6, 6.07) is 4.82. The van der Waals surface area contributed by atoms with Gasteiger partial charge in [-0.3, -0.25) is 9.69 Å². The standard InChI is InChI=1S/C28H30ClF4N7O2/c1-4-23(41)39-7-9-40(10-8-39)25-18-11-20(29)17(24-19(28(31,32)33)5-6-22(34)36-24)12-21(18)35-26(37-25)42-15-27(2)13-16(30)14-38(27)3/h4-6,11-12,16H,1,7-10,13-15H2,2-3H3,(H2,34,36)/t16-,27?/m1/s1. The Bertz CT molecular complexity index is 1530. The van der Waals surface area contributed by atoms with Crippen LogP contribution in [0.15, 0.2) is 36.9 Å². The molecule has 1 amide bonds. The number of aromatic nitrogens is 3. The number of pyridine rings is 1. The number of ether oxygens (including phenoxy) is 1. The zero-order valence-electron chi connectivity index (χ0n) is 23.1. The van der Waals surface area contributed by atoms with Gasteiger partial charge in [0.2, 0.25) is 5.91 Å². The van der Waals surface area contributed by atoms with Crippen LogP contribution >= 0.6 is 11.6 Å². The SMILES string of the molecule is C=CC(=O)N1CCN(c2nc(OCC3(C)C[C@@H](F)CN3C)nc3cc(-c4nc(N)ccc4C(F)(F)F)c(Cl)cc23)CC1. The van der Waals surface area contributed by atoms with Crippen molar-refractivity contribution in [3.8, 4) is 17.3 Å². The highest BCUT2D eigenvalue weighted by molar-refractivity contribution is 6.34. The molecule has 0 spiro atoms. The Morgan fingerprint density at radius 2 is 1.93 bits per heavy atom. The van der Waals surface area contributed by atoms with Crippen LogP contribution in [0.4, 0.5) is 29.2 Å². The Morgan fingerprint density at radius 1 is 1.21 bits per heavy atom. The normalized spacial score (nSPS) is 21.6. The summed E-state index contributed by atoms with van der Waals surface area (Å²) in [6.45, 7) is 7.43. The molecule has 2 aromatic heterocycles. The third kappa shape index (κ3) is 5.80. The van der Waals surface area contributed by atoms with Crippen molar-refractivity contribution in [1.82, 2.24) is 24.8 Å². The van der Waals surface area contributed by atoms with Crippen molar-refractivity contribution in [1.29, 1.82) is 0 Å². The monoisotopic (exact) mass is 607 g/mol. The summed E-state index contributed by atoms with van der Waals surface area (Å²) in [5, 5.41) is 0.476. The first-order chi connectivity index (χ1) is 19.8. The number of piperazine rings is 1. The van der Waals surface area contributed by atoms with Crippen LogP contribution in [0.25, 0.3) is 22.2 Å². The quantitative estimate of drug-likeness (QED) is 0.321. The van der Waals surface area contributed by atoms with E-state index in [1.165, 1.54) is 18.2 Å². The molecule has 2 fully saturated rings. The summed E-state index contributed by atoms with van der Waals surface area (Å²) >= 11 is 6.58. The summed E-state index contributed by atoms with van der Waals surface area (Å²) < 4.78 is 61.9. The van der Waals surface area contributed by atoms with Crippen LogP contribution in [0.5, 0.6) is 6.01 Å². The Kier molecular flexibility index (Phi) is 7.92. The second-order valence-electron chi connectivity index (χ2n) is 10.8. The minimum absolute atomic E-state index is 0.000770. The molecule has 0 radical (unpaired) electrons. The van der Waals surface area contributed by atoms with Crippen molar-refractivity contribution in [2.45, 2.75) is 31.2 Å². The van der Waals surface area contributed by atoms with E-state index >= 15 is 0 Å². The fourth-order valence-corrected chi connectivity index (χ4v) is 5.63. The van der Waals surface area contributed by atoms with Crippen LogP contribution in [0.1, 0.15) is 18.9 Å². The first kappa shape index (κ1) is 29.8. The number of hydrogen-bond acceptors (Lipinski definition) is 8. The molecule has 2 aliphatic rings. The number of hydrogen-bond donors (Lipinski definition) is 1. The van der Waals surface area contributed by atoms with E-state index in [1.807, 2.05) is 23.8 Å². The van der Waals surface area contributed by atoms with Gasteiger partial charge >= 0.3 is 12.2 Å². The fourth-order valence-electron chi connectivity index (χ4n) is 5.38. The molecular formula is C28H30ClF4N7O2. The number of alkyl halides is 4. The van der Waals surface area contributed by atoms with Crippen LogP contribution in [0.2, 0.25) is 5.02 Å². The van der Waals surface area contributed by atoms with E-state index < -0.39 is 29.1 Å². The number of carbonyl (C=O) groups is 1. The highest BCUT2D eigenvalue weighted by Crippen LogP contribution is 2.41. The lowest BCUT2D eigenvalue weighted by Gasteiger charge is -2.35. The Labute approximate surface area is 244 Å². The molecule has 42 heavy (non-hydrogen) atoms. The van der Waals surface area contributed by atoms with Crippen LogP contribution in [0, 0.1) is 0 Å². The molecule has 4 heterocycles. The average Bonchev–Trinajstić information content (AvgIpc) is 3.20. The third-order valence-electron chi connectivity index (χ3n) is 7.85. The van der Waals surface area contributed by atoms with Gasteiger partial charge in [-0.2, -0.15) is 23.1 Å². The van der Waals surface area contributed by atoms with Crippen LogP contribution in [-0.4, -0.2) is 88.7 Å². The van der Waals surface area contributed by atoms with Gasteiger partial charge < -0.3 is 20.3 Å². The number of likely N-dealkylation sites (tertiary alicyclic amines) is 1. The number of amides is 1. The minimum Gasteiger partial charge on any atom is -0.461 e. The van der Waals surface area contributed by atoms with Crippen molar-refractivity contribution < 1.29 is 27.1 Å². The number of nitrogen functional groups attached to an aromatic ring is 1. The maximum atomic E-state index is 14.1. The molecule has 2 aliphatic heterocycles. The summed E-state index contributed by atoms with van der Waals surface area (Å²) in [5.41, 5.74) is 3.98. The summed E-state index contributed by atoms with van der Waals surface area (Å²) in [4.78, 5) is 30.7. The van der Waals surface area contributed by atoms with Crippen molar-refractivity contribution in [2.75, 3.05) is 57.0 Å². The second-order valence-corrected chi connectivity index (χ2v) is 11.2. The number of nitrogens with two attached hydrogens (primary N) is 1. The maximum Gasteiger partial charge on any atom is 0.418 e. The molecule has 5 rings (SSSR count). The Balaban J connectivity index is 1.59. The summed E-state index contributed by atoms with van der Waals surface area (Å²) in [6.07, 6.45) is -4.18. The predicted octanol–water partition coefficient (Wildman–Crippen LogP) is 4.59. The molecule has 2 atom stereocenters. The van der Waals surface area contributed by atoms with E-state index in [0.29, 0.717) is 37.4 Å². The number of halogens is 5. The van der Waals surface area contributed by atoms with Crippen LogP contribution in [-0.2, 0) is 11.0 Å². The minimum atomic E-state index is -4.71. The predicted molar refractivity (Wildman–Crippen MR) is 152 cm³/mol. The number of likely N-dealkylation sites (N-methyl/N-ethyl adjacent to an activating group) is 1. The van der Waals surface area contributed by atoms with Crippen molar-refractivity contribution in [2.24, 2.45) is 0 Å². The van der Waals surface area contributed by atoms with Gasteiger partial charge in [-0.25, -0.2) is 9.37 Å². The molecule has 14 heteroatoms. The lowest BCUT2D eigenvalue weighted by molar-refractivity contribution is -0.137. The van der Waals surface area contributed by atoms with Crippen molar-refractivity contribution >= 4 is 40.0 Å². The maximum absolute atomic E-state index is 14.1. The number of benzene rings is 1. The lowest BCUT2D eigenvalue weighted by atomic mass is 10.0. The Morgan fingerprint density at radius 3 is 2.55 bits per heavy atom. The number of nitrogens with zero attached hydrogens (tertiary/aromatic N) is 6. The second kappa shape index (κ2) is 11.2. The molecule has 1 aromatic carbocycles. The van der Waals surface area contributed by atoms with E-state index in [1.54, 1.807) is 4.90 Å². The van der Waals surface area contributed by atoms with Crippen molar-refractivity contribution in [3.63, 3.8) is 0 Å². The number of fused-ring (bicyclic) bond motifs is 1. The van der Waals surface area contributed by atoms with Crippen LogP contribution in [0.3, 0.4) is 0 Å². The summed E-state index contributed by atoms with van der Waals surface area (Å²) in [5.74, 6) is 0.154. The number of carbonyl (C=O) groups excluding carboxylic acids is 1.